The number of thioether (sulfide) groups is 1. The molecule has 0 aliphatic carbocycles. The smallest absolute Gasteiger partial charge is 0.212 e. The fourth-order valence-corrected chi connectivity index (χ4v) is 4.07. The van der Waals surface area contributed by atoms with E-state index < -0.39 is 0 Å². The number of rotatable bonds is 6. The summed E-state index contributed by atoms with van der Waals surface area (Å²) in [5, 5.41) is 0.933. The predicted octanol–water partition coefficient (Wildman–Crippen LogP) is 5.90. The van der Waals surface area contributed by atoms with Gasteiger partial charge < -0.3 is 4.57 Å². The van der Waals surface area contributed by atoms with Gasteiger partial charge in [0.15, 0.2) is 0 Å². The van der Waals surface area contributed by atoms with Crippen molar-refractivity contribution in [1.82, 2.24) is 9.55 Å². The lowest BCUT2D eigenvalue weighted by atomic mass is 10.1. The monoisotopic (exact) mass is 402 g/mol. The maximum absolute atomic E-state index is 12.5. The highest BCUT2D eigenvalue weighted by molar-refractivity contribution is 8.14. The van der Waals surface area contributed by atoms with Gasteiger partial charge in [-0.25, -0.2) is 4.98 Å². The largest absolute Gasteiger partial charge is 0.336 e. The predicted molar refractivity (Wildman–Crippen MR) is 110 cm³/mol. The third kappa shape index (κ3) is 5.24. The van der Waals surface area contributed by atoms with Gasteiger partial charge in [-0.15, -0.1) is 0 Å². The SMILES string of the molecule is O=C(C=Cc1ccccc1)SC(Cn1ccnc1)c1ccc(Cl)cc1Cl. The Hall–Kier alpha value is -2.01. The molecule has 3 aromatic rings. The van der Waals surface area contributed by atoms with E-state index in [1.165, 1.54) is 11.8 Å². The van der Waals surface area contributed by atoms with Crippen LogP contribution in [0.5, 0.6) is 0 Å². The highest BCUT2D eigenvalue weighted by atomic mass is 35.5. The molecule has 3 nitrogen and oxygen atoms in total. The molecule has 1 atom stereocenters. The van der Waals surface area contributed by atoms with Gasteiger partial charge in [0.05, 0.1) is 11.6 Å². The highest BCUT2D eigenvalue weighted by Gasteiger charge is 2.19. The Balaban J connectivity index is 1.79. The quantitative estimate of drug-likeness (QED) is 0.481. The van der Waals surface area contributed by atoms with E-state index >= 15 is 0 Å². The summed E-state index contributed by atoms with van der Waals surface area (Å²) < 4.78 is 1.93. The number of nitrogens with zero attached hydrogens (tertiary/aromatic N) is 2. The minimum atomic E-state index is -0.151. The van der Waals surface area contributed by atoms with Gasteiger partial charge in [0.25, 0.3) is 0 Å². The van der Waals surface area contributed by atoms with Gasteiger partial charge in [-0.05, 0) is 29.3 Å². The molecular weight excluding hydrogens is 387 g/mol. The third-order valence-corrected chi connectivity index (χ3v) is 5.33. The normalized spacial score (nSPS) is 12.4. The van der Waals surface area contributed by atoms with Gasteiger partial charge in [0.1, 0.15) is 0 Å². The summed E-state index contributed by atoms with van der Waals surface area (Å²) in [7, 11) is 0. The Labute approximate surface area is 166 Å². The zero-order chi connectivity index (χ0) is 18.4. The number of halogens is 2. The van der Waals surface area contributed by atoms with Crippen LogP contribution in [0.2, 0.25) is 10.0 Å². The fraction of sp³-hybridized carbons (Fsp3) is 0.100. The van der Waals surface area contributed by atoms with Crippen LogP contribution in [0.4, 0.5) is 0 Å². The Bertz CT molecular complexity index is 895. The average Bonchev–Trinajstić information content (AvgIpc) is 3.13. The molecule has 0 bridgehead atoms. The van der Waals surface area contributed by atoms with Crippen LogP contribution in [0.3, 0.4) is 0 Å². The molecule has 3 rings (SSSR count). The minimum Gasteiger partial charge on any atom is -0.336 e. The number of carbonyl (C=O) groups is 1. The van der Waals surface area contributed by atoms with Crippen molar-refractivity contribution in [3.8, 4) is 0 Å². The van der Waals surface area contributed by atoms with Gasteiger partial charge >= 0.3 is 0 Å². The van der Waals surface area contributed by atoms with Crippen molar-refractivity contribution in [2.24, 2.45) is 0 Å². The van der Waals surface area contributed by atoms with E-state index in [2.05, 4.69) is 4.98 Å². The second-order valence-corrected chi connectivity index (χ2v) is 7.65. The van der Waals surface area contributed by atoms with Crippen LogP contribution < -0.4 is 0 Å². The van der Waals surface area contributed by atoms with E-state index in [4.69, 9.17) is 23.2 Å². The molecule has 0 amide bonds. The van der Waals surface area contributed by atoms with Crippen molar-refractivity contribution in [2.45, 2.75) is 11.8 Å². The number of aromatic nitrogens is 2. The molecule has 0 N–H and O–H groups in total. The van der Waals surface area contributed by atoms with Crippen molar-refractivity contribution in [3.05, 3.63) is 94.5 Å². The Kier molecular flexibility index (Phi) is 6.56. The van der Waals surface area contributed by atoms with Crippen molar-refractivity contribution in [2.75, 3.05) is 0 Å². The minimum absolute atomic E-state index is 0.0371. The van der Waals surface area contributed by atoms with Gasteiger partial charge in [-0.2, -0.15) is 0 Å². The van der Waals surface area contributed by atoms with Gasteiger partial charge in [0, 0.05) is 29.0 Å². The Morgan fingerprint density at radius 1 is 1.19 bits per heavy atom. The van der Waals surface area contributed by atoms with E-state index in [-0.39, 0.29) is 10.4 Å². The summed E-state index contributed by atoms with van der Waals surface area (Å²) >= 11 is 13.6. The molecule has 26 heavy (non-hydrogen) atoms. The first-order valence-corrected chi connectivity index (χ1v) is 9.60. The van der Waals surface area contributed by atoms with Crippen molar-refractivity contribution in [3.63, 3.8) is 0 Å². The zero-order valence-electron chi connectivity index (χ0n) is 13.8. The maximum atomic E-state index is 12.5. The summed E-state index contributed by atoms with van der Waals surface area (Å²) in [5.74, 6) is 0. The zero-order valence-corrected chi connectivity index (χ0v) is 16.1. The van der Waals surface area contributed by atoms with E-state index in [0.29, 0.717) is 16.6 Å². The first-order valence-electron chi connectivity index (χ1n) is 7.96. The van der Waals surface area contributed by atoms with Crippen LogP contribution >= 0.6 is 35.0 Å². The Morgan fingerprint density at radius 2 is 2.00 bits per heavy atom. The van der Waals surface area contributed by atoms with Crippen LogP contribution in [-0.2, 0) is 11.3 Å². The van der Waals surface area contributed by atoms with Crippen LogP contribution in [0.15, 0.2) is 73.3 Å². The van der Waals surface area contributed by atoms with E-state index in [9.17, 15) is 4.79 Å². The molecule has 6 heteroatoms. The van der Waals surface area contributed by atoms with E-state index in [1.807, 2.05) is 53.2 Å². The molecule has 1 heterocycles. The molecule has 1 aromatic heterocycles. The van der Waals surface area contributed by atoms with Crippen molar-refractivity contribution >= 4 is 46.2 Å². The Morgan fingerprint density at radius 3 is 2.69 bits per heavy atom. The van der Waals surface area contributed by atoms with E-state index in [1.54, 1.807) is 30.7 Å². The second-order valence-electron chi connectivity index (χ2n) is 5.59. The number of carbonyl (C=O) groups excluding carboxylic acids is 1. The van der Waals surface area contributed by atoms with Gasteiger partial charge in [-0.1, -0.05) is 77.4 Å². The van der Waals surface area contributed by atoms with E-state index in [0.717, 1.165) is 11.1 Å². The molecular formula is C20H16Cl2N2OS. The topological polar surface area (TPSA) is 34.9 Å². The van der Waals surface area contributed by atoms with Crippen LogP contribution in [0.1, 0.15) is 16.4 Å². The standard InChI is InChI=1S/C20H16Cl2N2OS/c21-16-7-8-17(18(22)12-16)19(13-24-11-10-23-14-24)26-20(25)9-6-15-4-2-1-3-5-15/h1-12,14,19H,13H2. The third-order valence-electron chi connectivity index (χ3n) is 3.72. The van der Waals surface area contributed by atoms with Crippen LogP contribution in [0.25, 0.3) is 6.08 Å². The second kappa shape index (κ2) is 9.08. The van der Waals surface area contributed by atoms with Crippen molar-refractivity contribution in [1.29, 1.82) is 0 Å². The lowest BCUT2D eigenvalue weighted by molar-refractivity contribution is -0.107. The summed E-state index contributed by atoms with van der Waals surface area (Å²) in [4.78, 5) is 16.6. The molecule has 0 aliphatic rings. The van der Waals surface area contributed by atoms with Crippen LogP contribution in [0, 0.1) is 0 Å². The molecule has 0 radical (unpaired) electrons. The molecule has 0 spiro atoms. The summed E-state index contributed by atoms with van der Waals surface area (Å²) in [6, 6.07) is 15.1. The lowest BCUT2D eigenvalue weighted by Crippen LogP contribution is -2.07. The van der Waals surface area contributed by atoms with Gasteiger partial charge in [0.2, 0.25) is 5.12 Å². The molecule has 1 unspecified atom stereocenters. The molecule has 0 aliphatic heterocycles. The van der Waals surface area contributed by atoms with Crippen LogP contribution in [-0.4, -0.2) is 14.7 Å². The summed E-state index contributed by atoms with van der Waals surface area (Å²) in [6.45, 7) is 0.580. The number of imidazole rings is 1. The summed E-state index contributed by atoms with van der Waals surface area (Å²) in [5.41, 5.74) is 1.85. The first-order chi connectivity index (χ1) is 12.6. The van der Waals surface area contributed by atoms with Gasteiger partial charge in [-0.3, -0.25) is 4.79 Å². The van der Waals surface area contributed by atoms with Crippen molar-refractivity contribution < 1.29 is 4.79 Å². The highest BCUT2D eigenvalue weighted by Crippen LogP contribution is 2.37. The maximum Gasteiger partial charge on any atom is 0.212 e. The molecule has 0 fully saturated rings. The number of benzene rings is 2. The number of hydrogen-bond donors (Lipinski definition) is 0. The first kappa shape index (κ1) is 18.8. The fourth-order valence-electron chi connectivity index (χ4n) is 2.46. The summed E-state index contributed by atoms with van der Waals surface area (Å²) in [6.07, 6.45) is 8.70. The lowest BCUT2D eigenvalue weighted by Gasteiger charge is -2.17. The molecule has 132 valence electrons. The molecule has 0 saturated carbocycles. The number of hydrogen-bond acceptors (Lipinski definition) is 3. The molecule has 0 saturated heterocycles. The molecule has 2 aromatic carbocycles. The average molecular weight is 403 g/mol.